The van der Waals surface area contributed by atoms with E-state index in [4.69, 9.17) is 9.84 Å². The van der Waals surface area contributed by atoms with E-state index in [0.717, 1.165) is 6.54 Å². The molecule has 14 heavy (non-hydrogen) atoms. The van der Waals surface area contributed by atoms with Gasteiger partial charge < -0.3 is 9.84 Å². The fourth-order valence-electron chi connectivity index (χ4n) is 1.76. The molecule has 0 saturated carbocycles. The summed E-state index contributed by atoms with van der Waals surface area (Å²) in [6.07, 6.45) is -0.0664. The number of Topliss-reactive ketones (excluding diaryl/α,β-unsaturated/α-hetero) is 1. The van der Waals surface area contributed by atoms with Crippen LogP contribution in [-0.4, -0.2) is 53.7 Å². The second kappa shape index (κ2) is 4.87. The first-order valence-electron chi connectivity index (χ1n) is 5.05. The molecule has 1 saturated heterocycles. The molecule has 0 aromatic carbocycles. The highest BCUT2D eigenvalue weighted by Gasteiger charge is 2.29. The summed E-state index contributed by atoms with van der Waals surface area (Å²) in [4.78, 5) is 13.3. The Bertz CT molecular complexity index is 208. The Morgan fingerprint density at radius 2 is 2.29 bits per heavy atom. The molecule has 1 fully saturated rings. The van der Waals surface area contributed by atoms with Gasteiger partial charge in [-0.15, -0.1) is 0 Å². The highest BCUT2D eigenvalue weighted by Crippen LogP contribution is 2.13. The van der Waals surface area contributed by atoms with E-state index in [-0.39, 0.29) is 30.6 Å². The number of aliphatic hydroxyl groups is 1. The van der Waals surface area contributed by atoms with Crippen LogP contribution in [0.5, 0.6) is 0 Å². The monoisotopic (exact) mass is 201 g/mol. The van der Waals surface area contributed by atoms with Gasteiger partial charge in [-0.2, -0.15) is 0 Å². The molecule has 1 heterocycles. The zero-order chi connectivity index (χ0) is 10.7. The molecular formula is C10H19NO3. The number of carbonyl (C=O) groups excluding carboxylic acids is 1. The van der Waals surface area contributed by atoms with Crippen LogP contribution in [0.1, 0.15) is 20.8 Å². The van der Waals surface area contributed by atoms with Gasteiger partial charge in [-0.3, -0.25) is 9.69 Å². The minimum absolute atomic E-state index is 0.0193. The van der Waals surface area contributed by atoms with E-state index in [1.54, 1.807) is 6.92 Å². The molecule has 4 heteroatoms. The van der Waals surface area contributed by atoms with E-state index in [1.807, 2.05) is 13.8 Å². The number of rotatable bonds is 3. The molecular weight excluding hydrogens is 182 g/mol. The van der Waals surface area contributed by atoms with Crippen LogP contribution in [0.4, 0.5) is 0 Å². The van der Waals surface area contributed by atoms with E-state index in [0.29, 0.717) is 6.54 Å². The fraction of sp³-hybridized carbons (Fsp3) is 0.900. The smallest absolute Gasteiger partial charge is 0.146 e. The SMILES string of the molecule is CC(=O)C(C)N1CC(C)OC(CO)C1. The van der Waals surface area contributed by atoms with Crippen molar-refractivity contribution in [2.24, 2.45) is 0 Å². The van der Waals surface area contributed by atoms with Crippen LogP contribution in [0.15, 0.2) is 0 Å². The van der Waals surface area contributed by atoms with Crippen molar-refractivity contribution in [1.82, 2.24) is 4.90 Å². The van der Waals surface area contributed by atoms with Gasteiger partial charge in [0.15, 0.2) is 0 Å². The summed E-state index contributed by atoms with van der Waals surface area (Å²) in [6.45, 7) is 6.87. The molecule has 0 aromatic rings. The van der Waals surface area contributed by atoms with E-state index in [2.05, 4.69) is 4.90 Å². The van der Waals surface area contributed by atoms with Gasteiger partial charge in [-0.05, 0) is 20.8 Å². The summed E-state index contributed by atoms with van der Waals surface area (Å²) in [7, 11) is 0. The zero-order valence-electron chi connectivity index (χ0n) is 9.06. The Balaban J connectivity index is 2.56. The van der Waals surface area contributed by atoms with Crippen LogP contribution < -0.4 is 0 Å². The lowest BCUT2D eigenvalue weighted by Gasteiger charge is -2.38. The molecule has 0 spiro atoms. The van der Waals surface area contributed by atoms with Gasteiger partial charge in [0.1, 0.15) is 5.78 Å². The predicted octanol–water partition coefficient (Wildman–Crippen LogP) is 0.0455. The van der Waals surface area contributed by atoms with Crippen molar-refractivity contribution in [3.63, 3.8) is 0 Å². The molecule has 1 N–H and O–H groups in total. The summed E-state index contributed by atoms with van der Waals surface area (Å²) >= 11 is 0. The number of hydrogen-bond donors (Lipinski definition) is 1. The molecule has 82 valence electrons. The van der Waals surface area contributed by atoms with Crippen molar-refractivity contribution < 1.29 is 14.6 Å². The normalized spacial score (nSPS) is 31.4. The second-order valence-corrected chi connectivity index (χ2v) is 3.99. The third kappa shape index (κ3) is 2.77. The Kier molecular flexibility index (Phi) is 4.04. The van der Waals surface area contributed by atoms with Crippen LogP contribution in [0.25, 0.3) is 0 Å². The maximum atomic E-state index is 11.2. The van der Waals surface area contributed by atoms with E-state index in [1.165, 1.54) is 0 Å². The Morgan fingerprint density at radius 1 is 1.64 bits per heavy atom. The molecule has 1 aliphatic rings. The molecule has 3 unspecified atom stereocenters. The van der Waals surface area contributed by atoms with Gasteiger partial charge in [0.2, 0.25) is 0 Å². The number of ketones is 1. The number of hydrogen-bond acceptors (Lipinski definition) is 4. The summed E-state index contributed by atoms with van der Waals surface area (Å²) < 4.78 is 5.49. The Labute approximate surface area is 84.8 Å². The van der Waals surface area contributed by atoms with Gasteiger partial charge in [0.25, 0.3) is 0 Å². The first-order chi connectivity index (χ1) is 6.54. The van der Waals surface area contributed by atoms with Gasteiger partial charge in [0.05, 0.1) is 24.9 Å². The van der Waals surface area contributed by atoms with Crippen molar-refractivity contribution in [1.29, 1.82) is 0 Å². The predicted molar refractivity (Wildman–Crippen MR) is 53.1 cm³/mol. The third-order valence-corrected chi connectivity index (χ3v) is 2.69. The van der Waals surface area contributed by atoms with Crippen LogP contribution in [0.2, 0.25) is 0 Å². The molecule has 1 rings (SSSR count). The van der Waals surface area contributed by atoms with Crippen LogP contribution in [0.3, 0.4) is 0 Å². The summed E-state index contributed by atoms with van der Waals surface area (Å²) in [6, 6.07) is -0.0737. The average molecular weight is 201 g/mol. The number of morpholine rings is 1. The quantitative estimate of drug-likeness (QED) is 0.700. The first-order valence-corrected chi connectivity index (χ1v) is 5.05. The molecule has 0 radical (unpaired) electrons. The topological polar surface area (TPSA) is 49.8 Å². The molecule has 0 aliphatic carbocycles. The average Bonchev–Trinajstić information content (AvgIpc) is 2.15. The lowest BCUT2D eigenvalue weighted by atomic mass is 10.1. The van der Waals surface area contributed by atoms with Crippen LogP contribution >= 0.6 is 0 Å². The molecule has 1 aliphatic heterocycles. The summed E-state index contributed by atoms with van der Waals surface area (Å²) in [5, 5.41) is 9.01. The van der Waals surface area contributed by atoms with Gasteiger partial charge >= 0.3 is 0 Å². The fourth-order valence-corrected chi connectivity index (χ4v) is 1.76. The van der Waals surface area contributed by atoms with Gasteiger partial charge in [-0.25, -0.2) is 0 Å². The largest absolute Gasteiger partial charge is 0.394 e. The summed E-state index contributed by atoms with van der Waals surface area (Å²) in [5.41, 5.74) is 0. The van der Waals surface area contributed by atoms with Crippen molar-refractivity contribution >= 4 is 5.78 Å². The maximum Gasteiger partial charge on any atom is 0.146 e. The number of carbonyl (C=O) groups is 1. The van der Waals surface area contributed by atoms with Crippen molar-refractivity contribution in [2.45, 2.75) is 39.0 Å². The highest BCUT2D eigenvalue weighted by molar-refractivity contribution is 5.80. The number of nitrogens with zero attached hydrogens (tertiary/aromatic N) is 1. The summed E-state index contributed by atoms with van der Waals surface area (Å²) in [5.74, 6) is 0.163. The molecule has 0 bridgehead atoms. The molecule has 4 nitrogen and oxygen atoms in total. The van der Waals surface area contributed by atoms with Crippen molar-refractivity contribution in [3.8, 4) is 0 Å². The molecule has 3 atom stereocenters. The molecule has 0 aromatic heterocycles. The molecule has 0 amide bonds. The Hall–Kier alpha value is -0.450. The zero-order valence-corrected chi connectivity index (χ0v) is 9.06. The van der Waals surface area contributed by atoms with E-state index in [9.17, 15) is 4.79 Å². The van der Waals surface area contributed by atoms with Gasteiger partial charge in [0, 0.05) is 13.1 Å². The lowest BCUT2D eigenvalue weighted by Crippen LogP contribution is -2.52. The van der Waals surface area contributed by atoms with Crippen LogP contribution in [-0.2, 0) is 9.53 Å². The van der Waals surface area contributed by atoms with Crippen molar-refractivity contribution in [2.75, 3.05) is 19.7 Å². The minimum atomic E-state index is -0.152. The standard InChI is InChI=1S/C10H19NO3/c1-7-4-11(8(2)9(3)13)5-10(6-12)14-7/h7-8,10,12H,4-6H2,1-3H3. The Morgan fingerprint density at radius 3 is 2.79 bits per heavy atom. The van der Waals surface area contributed by atoms with Gasteiger partial charge in [-0.1, -0.05) is 0 Å². The van der Waals surface area contributed by atoms with Crippen molar-refractivity contribution in [3.05, 3.63) is 0 Å². The van der Waals surface area contributed by atoms with E-state index < -0.39 is 0 Å². The lowest BCUT2D eigenvalue weighted by molar-refractivity contribution is -0.131. The second-order valence-electron chi connectivity index (χ2n) is 3.99. The minimum Gasteiger partial charge on any atom is -0.394 e. The van der Waals surface area contributed by atoms with Crippen LogP contribution in [0, 0.1) is 0 Å². The number of aliphatic hydroxyl groups excluding tert-OH is 1. The maximum absolute atomic E-state index is 11.2. The van der Waals surface area contributed by atoms with E-state index >= 15 is 0 Å². The first kappa shape index (κ1) is 11.6. The third-order valence-electron chi connectivity index (χ3n) is 2.69. The number of ether oxygens (including phenoxy) is 1. The highest BCUT2D eigenvalue weighted by atomic mass is 16.5.